The van der Waals surface area contributed by atoms with E-state index < -0.39 is 15.9 Å². The van der Waals surface area contributed by atoms with Crippen LogP contribution in [-0.4, -0.2) is 43.1 Å². The first-order chi connectivity index (χ1) is 12.8. The predicted octanol–water partition coefficient (Wildman–Crippen LogP) is 2.24. The van der Waals surface area contributed by atoms with Crippen molar-refractivity contribution < 1.29 is 18.0 Å². The molecule has 8 nitrogen and oxygen atoms in total. The Bertz CT molecular complexity index is 950. The summed E-state index contributed by atoms with van der Waals surface area (Å²) in [6.45, 7) is 1.04. The Morgan fingerprint density at radius 2 is 1.89 bits per heavy atom. The zero-order valence-electron chi connectivity index (χ0n) is 14.9. The standard InChI is InChI=1S/C17H20N4O4S2/c1-11(22)18-13-5-7-14(8-6-13)27(24,25)21(2)9-16(23)20-17-19-15(10-26-17)12-3-4-12/h5-8,10,12H,3-4,9H2,1-2H3,(H,18,22)(H,19,20,23). The monoisotopic (exact) mass is 408 g/mol. The van der Waals surface area contributed by atoms with Crippen LogP contribution in [0.1, 0.15) is 31.4 Å². The number of amides is 2. The number of nitrogens with one attached hydrogen (secondary N) is 2. The van der Waals surface area contributed by atoms with Crippen molar-refractivity contribution in [3.05, 3.63) is 35.3 Å². The summed E-state index contributed by atoms with van der Waals surface area (Å²) in [6.07, 6.45) is 2.25. The lowest BCUT2D eigenvalue weighted by Crippen LogP contribution is -2.34. The average molecular weight is 409 g/mol. The Balaban J connectivity index is 1.61. The lowest BCUT2D eigenvalue weighted by atomic mass is 10.3. The second kappa shape index (κ2) is 7.75. The molecule has 1 aromatic heterocycles. The van der Waals surface area contributed by atoms with E-state index in [1.807, 2.05) is 5.38 Å². The van der Waals surface area contributed by atoms with Gasteiger partial charge in [-0.15, -0.1) is 11.3 Å². The molecule has 1 aromatic carbocycles. The highest BCUT2D eigenvalue weighted by Gasteiger charge is 2.27. The summed E-state index contributed by atoms with van der Waals surface area (Å²) < 4.78 is 26.2. The van der Waals surface area contributed by atoms with E-state index in [1.54, 1.807) is 0 Å². The van der Waals surface area contributed by atoms with Gasteiger partial charge in [0.15, 0.2) is 5.13 Å². The van der Waals surface area contributed by atoms with Gasteiger partial charge in [-0.3, -0.25) is 9.59 Å². The molecular formula is C17H20N4O4S2. The molecule has 1 heterocycles. The van der Waals surface area contributed by atoms with E-state index in [9.17, 15) is 18.0 Å². The number of rotatable bonds is 7. The molecule has 2 amide bonds. The molecule has 1 fully saturated rings. The highest BCUT2D eigenvalue weighted by Crippen LogP contribution is 2.40. The van der Waals surface area contributed by atoms with Gasteiger partial charge in [0.2, 0.25) is 21.8 Å². The van der Waals surface area contributed by atoms with E-state index in [0.29, 0.717) is 16.7 Å². The van der Waals surface area contributed by atoms with Gasteiger partial charge in [-0.25, -0.2) is 13.4 Å². The normalized spacial score (nSPS) is 14.2. The Hall–Kier alpha value is -2.30. The van der Waals surface area contributed by atoms with E-state index in [4.69, 9.17) is 0 Å². The van der Waals surface area contributed by atoms with Crippen molar-refractivity contribution in [1.29, 1.82) is 0 Å². The molecule has 1 saturated carbocycles. The molecule has 2 aromatic rings. The quantitative estimate of drug-likeness (QED) is 0.730. The molecule has 0 radical (unpaired) electrons. The molecule has 0 atom stereocenters. The number of sulfonamides is 1. The summed E-state index contributed by atoms with van der Waals surface area (Å²) in [6, 6.07) is 5.77. The van der Waals surface area contributed by atoms with Crippen molar-refractivity contribution in [3.8, 4) is 0 Å². The predicted molar refractivity (Wildman–Crippen MR) is 103 cm³/mol. The maximum Gasteiger partial charge on any atom is 0.243 e. The van der Waals surface area contributed by atoms with Crippen LogP contribution in [0.5, 0.6) is 0 Å². The van der Waals surface area contributed by atoms with Crippen LogP contribution in [0.4, 0.5) is 10.8 Å². The van der Waals surface area contributed by atoms with Gasteiger partial charge in [-0.2, -0.15) is 4.31 Å². The number of hydrogen-bond donors (Lipinski definition) is 2. The maximum absolute atomic E-state index is 12.6. The van der Waals surface area contributed by atoms with Crippen LogP contribution in [0.3, 0.4) is 0 Å². The summed E-state index contributed by atoms with van der Waals surface area (Å²) >= 11 is 1.34. The molecule has 3 rings (SSSR count). The molecule has 1 aliphatic rings. The number of carbonyl (C=O) groups is 2. The first-order valence-corrected chi connectivity index (χ1v) is 10.7. The number of aromatic nitrogens is 1. The van der Waals surface area contributed by atoms with Gasteiger partial charge < -0.3 is 10.6 Å². The summed E-state index contributed by atoms with van der Waals surface area (Å²) in [5.74, 6) is -0.200. The molecule has 144 valence electrons. The topological polar surface area (TPSA) is 108 Å². The highest BCUT2D eigenvalue weighted by atomic mass is 32.2. The molecule has 10 heteroatoms. The minimum atomic E-state index is -3.83. The number of nitrogens with zero attached hydrogens (tertiary/aromatic N) is 2. The second-order valence-corrected chi connectivity index (χ2v) is 9.27. The number of benzene rings is 1. The van der Waals surface area contributed by atoms with Crippen LogP contribution in [0, 0.1) is 0 Å². The molecule has 27 heavy (non-hydrogen) atoms. The van der Waals surface area contributed by atoms with Gasteiger partial charge in [0.05, 0.1) is 17.1 Å². The lowest BCUT2D eigenvalue weighted by molar-refractivity contribution is -0.116. The van der Waals surface area contributed by atoms with Crippen molar-refractivity contribution in [1.82, 2.24) is 9.29 Å². The smallest absolute Gasteiger partial charge is 0.243 e. The van der Waals surface area contributed by atoms with E-state index >= 15 is 0 Å². The lowest BCUT2D eigenvalue weighted by Gasteiger charge is -2.16. The third kappa shape index (κ3) is 4.90. The average Bonchev–Trinajstić information content (AvgIpc) is 3.34. The van der Waals surface area contributed by atoms with E-state index in [1.165, 1.54) is 49.6 Å². The van der Waals surface area contributed by atoms with Gasteiger partial charge in [-0.05, 0) is 37.1 Å². The van der Waals surface area contributed by atoms with Crippen LogP contribution >= 0.6 is 11.3 Å². The number of likely N-dealkylation sites (N-methyl/N-ethyl adjacent to an activating group) is 1. The minimum absolute atomic E-state index is 0.0390. The van der Waals surface area contributed by atoms with Crippen LogP contribution in [0.25, 0.3) is 0 Å². The van der Waals surface area contributed by atoms with Crippen molar-refractivity contribution in [2.75, 3.05) is 24.2 Å². The van der Waals surface area contributed by atoms with Crippen LogP contribution in [0.2, 0.25) is 0 Å². The molecule has 0 bridgehead atoms. The SMILES string of the molecule is CC(=O)Nc1ccc(S(=O)(=O)N(C)CC(=O)Nc2nc(C3CC3)cs2)cc1. The zero-order valence-corrected chi connectivity index (χ0v) is 16.6. The van der Waals surface area contributed by atoms with Crippen molar-refractivity contribution >= 4 is 44.0 Å². The van der Waals surface area contributed by atoms with E-state index in [0.717, 1.165) is 22.8 Å². The largest absolute Gasteiger partial charge is 0.326 e. The summed E-state index contributed by atoms with van der Waals surface area (Å²) in [5.41, 5.74) is 1.48. The first-order valence-electron chi connectivity index (χ1n) is 8.35. The zero-order chi connectivity index (χ0) is 19.6. The molecule has 0 aliphatic heterocycles. The number of anilines is 2. The van der Waals surface area contributed by atoms with E-state index in [2.05, 4.69) is 15.6 Å². The molecular weight excluding hydrogens is 388 g/mol. The van der Waals surface area contributed by atoms with Gasteiger partial charge in [0, 0.05) is 31.0 Å². The molecule has 2 N–H and O–H groups in total. The summed E-state index contributed by atoms with van der Waals surface area (Å²) in [4.78, 5) is 27.6. The summed E-state index contributed by atoms with van der Waals surface area (Å²) in [5, 5.41) is 7.61. The number of carbonyl (C=O) groups excluding carboxylic acids is 2. The van der Waals surface area contributed by atoms with Crippen LogP contribution in [-0.2, 0) is 19.6 Å². The first kappa shape index (κ1) is 19.5. The van der Waals surface area contributed by atoms with Crippen molar-refractivity contribution in [2.45, 2.75) is 30.6 Å². The number of thiazole rings is 1. The minimum Gasteiger partial charge on any atom is -0.326 e. The Morgan fingerprint density at radius 3 is 2.48 bits per heavy atom. The van der Waals surface area contributed by atoms with Gasteiger partial charge in [-0.1, -0.05) is 0 Å². The number of hydrogen-bond acceptors (Lipinski definition) is 6. The van der Waals surface area contributed by atoms with Gasteiger partial charge in [0.1, 0.15) is 0 Å². The fourth-order valence-electron chi connectivity index (χ4n) is 2.45. The van der Waals surface area contributed by atoms with Gasteiger partial charge >= 0.3 is 0 Å². The second-order valence-electron chi connectivity index (χ2n) is 6.37. The third-order valence-electron chi connectivity index (χ3n) is 4.01. The summed E-state index contributed by atoms with van der Waals surface area (Å²) in [7, 11) is -2.49. The van der Waals surface area contributed by atoms with Crippen molar-refractivity contribution in [3.63, 3.8) is 0 Å². The Kier molecular flexibility index (Phi) is 5.59. The third-order valence-corrected chi connectivity index (χ3v) is 6.61. The molecule has 0 saturated heterocycles. The van der Waals surface area contributed by atoms with Crippen LogP contribution < -0.4 is 10.6 Å². The Labute approximate surface area is 161 Å². The van der Waals surface area contributed by atoms with Crippen molar-refractivity contribution in [2.24, 2.45) is 0 Å². The maximum atomic E-state index is 12.6. The molecule has 0 unspecified atom stereocenters. The molecule has 0 spiro atoms. The van der Waals surface area contributed by atoms with Crippen LogP contribution in [0.15, 0.2) is 34.5 Å². The molecule has 1 aliphatic carbocycles. The van der Waals surface area contributed by atoms with Gasteiger partial charge in [0.25, 0.3) is 0 Å². The van der Waals surface area contributed by atoms with E-state index in [-0.39, 0.29) is 17.3 Å². The fraction of sp³-hybridized carbons (Fsp3) is 0.353. The fourth-order valence-corrected chi connectivity index (χ4v) is 4.39. The Morgan fingerprint density at radius 1 is 1.22 bits per heavy atom. The highest BCUT2D eigenvalue weighted by molar-refractivity contribution is 7.89.